The summed E-state index contributed by atoms with van der Waals surface area (Å²) >= 11 is 0. The van der Waals surface area contributed by atoms with Gasteiger partial charge < -0.3 is 9.15 Å². The van der Waals surface area contributed by atoms with Crippen LogP contribution in [0.3, 0.4) is 0 Å². The second-order valence-corrected chi connectivity index (χ2v) is 7.10. The first-order valence-corrected chi connectivity index (χ1v) is 9.93. The van der Waals surface area contributed by atoms with Gasteiger partial charge in [-0.25, -0.2) is 9.48 Å². The van der Waals surface area contributed by atoms with E-state index in [0.29, 0.717) is 34.8 Å². The summed E-state index contributed by atoms with van der Waals surface area (Å²) in [6, 6.07) is 14.7. The predicted molar refractivity (Wildman–Crippen MR) is 116 cm³/mol. The minimum atomic E-state index is -0.456. The van der Waals surface area contributed by atoms with Crippen molar-refractivity contribution in [1.29, 1.82) is 0 Å². The molecule has 6 heteroatoms. The molecule has 0 aliphatic carbocycles. The molecule has 0 bridgehead atoms. The number of rotatable bonds is 7. The largest absolute Gasteiger partial charge is 0.493 e. The van der Waals surface area contributed by atoms with Crippen LogP contribution in [0.15, 0.2) is 63.9 Å². The molecular weight excluding hydrogens is 380 g/mol. The standard InChI is InChI=1S/C24H22N2O4/c1-3-4-12-29-20-11-10-19-16(2)13-21(28)30-24(19)22(20)23-17(15-27)14-26(25-23)18-8-6-5-7-9-18/h5-11,13-15H,3-4,12H2,1-2H3. The number of benzene rings is 2. The maximum atomic E-state index is 12.1. The monoisotopic (exact) mass is 402 g/mol. The number of unbranched alkanes of at least 4 members (excludes halogenated alkanes) is 1. The number of nitrogens with zero attached hydrogens (tertiary/aromatic N) is 2. The zero-order valence-corrected chi connectivity index (χ0v) is 16.9. The number of hydrogen-bond donors (Lipinski definition) is 0. The molecule has 0 saturated heterocycles. The van der Waals surface area contributed by atoms with Gasteiger partial charge in [-0.2, -0.15) is 5.10 Å². The first kappa shape index (κ1) is 19.6. The molecule has 0 aliphatic rings. The molecule has 152 valence electrons. The van der Waals surface area contributed by atoms with Crippen LogP contribution in [-0.4, -0.2) is 22.7 Å². The van der Waals surface area contributed by atoms with Crippen molar-refractivity contribution in [3.05, 3.63) is 76.3 Å². The fourth-order valence-electron chi connectivity index (χ4n) is 3.42. The highest BCUT2D eigenvalue weighted by molar-refractivity contribution is 6.00. The molecule has 0 N–H and O–H groups in total. The third-order valence-electron chi connectivity index (χ3n) is 4.96. The van der Waals surface area contributed by atoms with E-state index in [1.807, 2.05) is 49.4 Å². The Morgan fingerprint density at radius 1 is 1.17 bits per heavy atom. The summed E-state index contributed by atoms with van der Waals surface area (Å²) < 4.78 is 13.2. The van der Waals surface area contributed by atoms with Crippen LogP contribution < -0.4 is 10.4 Å². The lowest BCUT2D eigenvalue weighted by Crippen LogP contribution is -2.03. The Kier molecular flexibility index (Phi) is 5.48. The van der Waals surface area contributed by atoms with Gasteiger partial charge in [0.15, 0.2) is 11.9 Å². The van der Waals surface area contributed by atoms with Crippen molar-refractivity contribution in [2.75, 3.05) is 6.61 Å². The van der Waals surface area contributed by atoms with Gasteiger partial charge in [0.1, 0.15) is 11.4 Å². The number of ether oxygens (including phenoxy) is 1. The van der Waals surface area contributed by atoms with Gasteiger partial charge in [-0.15, -0.1) is 0 Å². The number of carbonyl (C=O) groups is 1. The summed E-state index contributed by atoms with van der Waals surface area (Å²) in [5, 5.41) is 5.44. The van der Waals surface area contributed by atoms with Gasteiger partial charge in [0, 0.05) is 17.6 Å². The highest BCUT2D eigenvalue weighted by Crippen LogP contribution is 2.38. The second kappa shape index (κ2) is 8.37. The van der Waals surface area contributed by atoms with E-state index < -0.39 is 5.63 Å². The molecule has 4 rings (SSSR count). The van der Waals surface area contributed by atoms with Crippen molar-refractivity contribution in [2.24, 2.45) is 0 Å². The number of fused-ring (bicyclic) bond motifs is 1. The lowest BCUT2D eigenvalue weighted by Gasteiger charge is -2.13. The van der Waals surface area contributed by atoms with Crippen molar-refractivity contribution in [3.8, 4) is 22.7 Å². The Bertz CT molecular complexity index is 1260. The molecular formula is C24H22N2O4. The molecule has 0 saturated carbocycles. The van der Waals surface area contributed by atoms with E-state index in [0.717, 1.165) is 35.8 Å². The molecule has 0 atom stereocenters. The van der Waals surface area contributed by atoms with Crippen LogP contribution in [0.4, 0.5) is 0 Å². The smallest absolute Gasteiger partial charge is 0.336 e. The van der Waals surface area contributed by atoms with Crippen LogP contribution in [-0.2, 0) is 0 Å². The summed E-state index contributed by atoms with van der Waals surface area (Å²) in [4.78, 5) is 24.0. The predicted octanol–water partition coefficient (Wildman–Crippen LogP) is 4.95. The molecule has 0 amide bonds. The molecule has 0 spiro atoms. The van der Waals surface area contributed by atoms with Gasteiger partial charge >= 0.3 is 5.63 Å². The molecule has 2 aromatic carbocycles. The summed E-state index contributed by atoms with van der Waals surface area (Å²) in [5.74, 6) is 0.533. The second-order valence-electron chi connectivity index (χ2n) is 7.10. The molecule has 2 heterocycles. The average Bonchev–Trinajstić information content (AvgIpc) is 3.18. The van der Waals surface area contributed by atoms with E-state index in [1.165, 1.54) is 6.07 Å². The average molecular weight is 402 g/mol. The van der Waals surface area contributed by atoms with Crippen molar-refractivity contribution in [3.63, 3.8) is 0 Å². The number of aryl methyl sites for hydroxylation is 1. The minimum absolute atomic E-state index is 0.371. The normalized spacial score (nSPS) is 11.0. The maximum Gasteiger partial charge on any atom is 0.336 e. The lowest BCUT2D eigenvalue weighted by molar-refractivity contribution is 0.112. The lowest BCUT2D eigenvalue weighted by atomic mass is 10.0. The summed E-state index contributed by atoms with van der Waals surface area (Å²) in [7, 11) is 0. The van der Waals surface area contributed by atoms with Crippen LogP contribution in [0.5, 0.6) is 5.75 Å². The van der Waals surface area contributed by atoms with Crippen LogP contribution in [0.25, 0.3) is 27.9 Å². The van der Waals surface area contributed by atoms with E-state index in [4.69, 9.17) is 9.15 Å². The highest BCUT2D eigenvalue weighted by atomic mass is 16.5. The highest BCUT2D eigenvalue weighted by Gasteiger charge is 2.22. The van der Waals surface area contributed by atoms with Gasteiger partial charge in [0.25, 0.3) is 0 Å². The fourth-order valence-corrected chi connectivity index (χ4v) is 3.42. The molecule has 0 fully saturated rings. The minimum Gasteiger partial charge on any atom is -0.493 e. The van der Waals surface area contributed by atoms with Crippen LogP contribution in [0, 0.1) is 6.92 Å². The Morgan fingerprint density at radius 3 is 2.70 bits per heavy atom. The summed E-state index contributed by atoms with van der Waals surface area (Å²) in [6.07, 6.45) is 4.29. The number of carbonyl (C=O) groups excluding carboxylic acids is 1. The third kappa shape index (κ3) is 3.64. The number of aldehydes is 1. The Hall–Kier alpha value is -3.67. The molecule has 0 radical (unpaired) electrons. The Labute approximate surface area is 173 Å². The van der Waals surface area contributed by atoms with Crippen LogP contribution in [0.2, 0.25) is 0 Å². The van der Waals surface area contributed by atoms with Gasteiger partial charge in [0.2, 0.25) is 0 Å². The third-order valence-corrected chi connectivity index (χ3v) is 4.96. The summed E-state index contributed by atoms with van der Waals surface area (Å²) in [6.45, 7) is 4.45. The Balaban J connectivity index is 1.98. The topological polar surface area (TPSA) is 74.3 Å². The van der Waals surface area contributed by atoms with Crippen molar-refractivity contribution in [2.45, 2.75) is 26.7 Å². The van der Waals surface area contributed by atoms with Crippen molar-refractivity contribution >= 4 is 17.3 Å². The zero-order valence-electron chi connectivity index (χ0n) is 16.9. The molecule has 4 aromatic rings. The van der Waals surface area contributed by atoms with Gasteiger partial charge in [-0.1, -0.05) is 31.5 Å². The number of aromatic nitrogens is 2. The SMILES string of the molecule is CCCCOc1ccc2c(C)cc(=O)oc2c1-c1nn(-c2ccccc2)cc1C=O. The number of para-hydroxylation sites is 1. The van der Waals surface area contributed by atoms with E-state index in [9.17, 15) is 9.59 Å². The van der Waals surface area contributed by atoms with Crippen LogP contribution in [0.1, 0.15) is 35.7 Å². The molecule has 6 nitrogen and oxygen atoms in total. The fraction of sp³-hybridized carbons (Fsp3) is 0.208. The van der Waals surface area contributed by atoms with Crippen LogP contribution >= 0.6 is 0 Å². The van der Waals surface area contributed by atoms with Crippen molar-refractivity contribution < 1.29 is 13.9 Å². The molecule has 0 unspecified atom stereocenters. The van der Waals surface area contributed by atoms with Crippen molar-refractivity contribution in [1.82, 2.24) is 9.78 Å². The molecule has 0 aliphatic heterocycles. The quantitative estimate of drug-likeness (QED) is 0.248. The first-order valence-electron chi connectivity index (χ1n) is 9.93. The van der Waals surface area contributed by atoms with E-state index in [1.54, 1.807) is 10.9 Å². The first-order chi connectivity index (χ1) is 14.6. The van der Waals surface area contributed by atoms with E-state index >= 15 is 0 Å². The van der Waals surface area contributed by atoms with E-state index in [2.05, 4.69) is 12.0 Å². The van der Waals surface area contributed by atoms with Gasteiger partial charge in [-0.3, -0.25) is 4.79 Å². The summed E-state index contributed by atoms with van der Waals surface area (Å²) in [5.41, 5.74) is 2.84. The van der Waals surface area contributed by atoms with Gasteiger partial charge in [-0.05, 0) is 43.2 Å². The van der Waals surface area contributed by atoms with Gasteiger partial charge in [0.05, 0.1) is 23.4 Å². The van der Waals surface area contributed by atoms with E-state index in [-0.39, 0.29) is 0 Å². The zero-order chi connectivity index (χ0) is 21.1. The maximum absolute atomic E-state index is 12.1. The Morgan fingerprint density at radius 2 is 1.97 bits per heavy atom. The molecule has 2 aromatic heterocycles. The number of hydrogen-bond acceptors (Lipinski definition) is 5. The molecule has 30 heavy (non-hydrogen) atoms.